The molecule has 2 fully saturated rings. The van der Waals surface area contributed by atoms with E-state index in [1.54, 1.807) is 29.0 Å². The van der Waals surface area contributed by atoms with E-state index in [1.807, 2.05) is 59.3 Å². The summed E-state index contributed by atoms with van der Waals surface area (Å²) in [5, 5.41) is 12.0. The van der Waals surface area contributed by atoms with E-state index in [1.165, 1.54) is 34.4 Å². The number of rotatable bonds is 6. The minimum Gasteiger partial charge on any atom is -0.388 e. The summed E-state index contributed by atoms with van der Waals surface area (Å²) in [4.78, 5) is 50.4. The van der Waals surface area contributed by atoms with Gasteiger partial charge in [0.2, 0.25) is 5.91 Å². The molecule has 0 saturated carbocycles. The van der Waals surface area contributed by atoms with Crippen molar-refractivity contribution in [3.05, 3.63) is 112 Å². The van der Waals surface area contributed by atoms with Crippen LogP contribution in [0.5, 0.6) is 0 Å². The highest BCUT2D eigenvalue weighted by Gasteiger charge is 2.42. The number of hydrogen-bond donors (Lipinski definition) is 1. The second kappa shape index (κ2) is 12.5. The molecule has 0 aliphatic carbocycles. The van der Waals surface area contributed by atoms with E-state index < -0.39 is 5.60 Å². The molecule has 2 amide bonds. The zero-order valence-corrected chi connectivity index (χ0v) is 26.9. The van der Waals surface area contributed by atoms with Gasteiger partial charge in [-0.1, -0.05) is 42.5 Å². The number of carbonyl (C=O) groups is 2. The Kier molecular flexibility index (Phi) is 8.27. The molecule has 1 N–H and O–H groups in total. The van der Waals surface area contributed by atoms with E-state index in [-0.39, 0.29) is 41.6 Å². The van der Waals surface area contributed by atoms with Crippen LogP contribution in [0.25, 0.3) is 21.5 Å². The highest BCUT2D eigenvalue weighted by Crippen LogP contribution is 2.37. The van der Waals surface area contributed by atoms with Crippen LogP contribution in [0.3, 0.4) is 0 Å². The van der Waals surface area contributed by atoms with Gasteiger partial charge in [-0.25, -0.2) is 9.37 Å². The first kappa shape index (κ1) is 31.0. The molecule has 242 valence electrons. The van der Waals surface area contributed by atoms with Crippen molar-refractivity contribution in [1.82, 2.24) is 23.9 Å². The van der Waals surface area contributed by atoms with Gasteiger partial charge in [-0.3, -0.25) is 19.0 Å². The Balaban J connectivity index is 1.04. The maximum absolute atomic E-state index is 14.1. The summed E-state index contributed by atoms with van der Waals surface area (Å²) in [5.41, 5.74) is 1.15. The van der Waals surface area contributed by atoms with Crippen LogP contribution < -0.4 is 5.56 Å². The largest absolute Gasteiger partial charge is 0.388 e. The number of aliphatic hydroxyl groups is 1. The number of aryl methyl sites for hydroxylation is 1. The average Bonchev–Trinajstić information content (AvgIpc) is 3.74. The number of aromatic nitrogens is 3. The molecule has 2 aliphatic rings. The first-order valence-corrected chi connectivity index (χ1v) is 16.7. The Morgan fingerprint density at radius 2 is 1.72 bits per heavy atom. The van der Waals surface area contributed by atoms with Gasteiger partial charge in [-0.05, 0) is 60.7 Å². The summed E-state index contributed by atoms with van der Waals surface area (Å²) < 4.78 is 16.7. The molecule has 0 radical (unpaired) electrons. The molecule has 5 heterocycles. The topological polar surface area (TPSA) is 101 Å². The molecule has 9 nitrogen and oxygen atoms in total. The van der Waals surface area contributed by atoms with E-state index in [0.29, 0.717) is 61.4 Å². The molecule has 7 rings (SSSR count). The maximum Gasteiger partial charge on any atom is 0.263 e. The van der Waals surface area contributed by atoms with E-state index in [0.717, 1.165) is 16.0 Å². The monoisotopic (exact) mass is 653 g/mol. The molecule has 0 bridgehead atoms. The maximum atomic E-state index is 14.1. The third-order valence-corrected chi connectivity index (χ3v) is 10.8. The molecule has 5 aromatic rings. The average molecular weight is 654 g/mol. The lowest BCUT2D eigenvalue weighted by Gasteiger charge is -2.43. The third-order valence-electron chi connectivity index (χ3n) is 9.71. The number of fused-ring (bicyclic) bond motifs is 1. The minimum absolute atomic E-state index is 0.0345. The SMILES string of the molecule is Cn1ccc2c(=O)n(CC3(O)CCN(C(=O)[C@@H]4CCN(C(=O)c5ccc(-c6ccc(F)cc6)s5)C[C@H]4c4ccccc4)CC3)cnc21. The number of likely N-dealkylation sites (tertiary alicyclic amines) is 2. The molecule has 0 spiro atoms. The Morgan fingerprint density at radius 3 is 2.47 bits per heavy atom. The number of piperidine rings is 2. The normalized spacial score (nSPS) is 19.6. The molecule has 0 unspecified atom stereocenters. The molecular formula is C36H36FN5O4S. The smallest absolute Gasteiger partial charge is 0.263 e. The number of thiophene rings is 1. The summed E-state index contributed by atoms with van der Waals surface area (Å²) in [5.74, 6) is -0.829. The Labute approximate surface area is 275 Å². The Bertz CT molecular complexity index is 1980. The standard InChI is InChI=1S/C36H36FN5O4S/c1-39-17-13-28-32(39)38-23-42(34(28)44)22-36(46)15-19-40(20-16-36)33(43)27-14-18-41(21-29(27)24-5-3-2-4-6-24)35(45)31-12-11-30(47-31)25-7-9-26(37)10-8-25/h2-13,17,23,27,29,46H,14-16,18-22H2,1H3/t27-,29+/m1/s1. The highest BCUT2D eigenvalue weighted by molar-refractivity contribution is 7.17. The molecule has 47 heavy (non-hydrogen) atoms. The number of hydrogen-bond acceptors (Lipinski definition) is 6. The van der Waals surface area contributed by atoms with Crippen molar-refractivity contribution in [2.75, 3.05) is 26.2 Å². The summed E-state index contributed by atoms with van der Waals surface area (Å²) in [6, 6.07) is 21.6. The van der Waals surface area contributed by atoms with Gasteiger partial charge in [0.25, 0.3) is 11.5 Å². The fraction of sp³-hybridized carbons (Fsp3) is 0.333. The predicted octanol–water partition coefficient (Wildman–Crippen LogP) is 4.90. The molecule has 3 aromatic heterocycles. The van der Waals surface area contributed by atoms with Gasteiger partial charge in [0, 0.05) is 56.1 Å². The number of amides is 2. The van der Waals surface area contributed by atoms with Gasteiger partial charge in [0.1, 0.15) is 17.8 Å². The van der Waals surface area contributed by atoms with Gasteiger partial charge in [-0.2, -0.15) is 0 Å². The lowest BCUT2D eigenvalue weighted by Crippen LogP contribution is -2.53. The Hall–Kier alpha value is -4.61. The van der Waals surface area contributed by atoms with E-state index in [9.17, 15) is 23.9 Å². The number of nitrogens with zero attached hydrogens (tertiary/aromatic N) is 5. The van der Waals surface area contributed by atoms with Crippen molar-refractivity contribution >= 4 is 34.2 Å². The second-order valence-corrected chi connectivity index (χ2v) is 13.8. The van der Waals surface area contributed by atoms with Crippen LogP contribution in [0, 0.1) is 11.7 Å². The minimum atomic E-state index is -1.13. The molecular weight excluding hydrogens is 617 g/mol. The van der Waals surface area contributed by atoms with E-state index >= 15 is 0 Å². The zero-order valence-electron chi connectivity index (χ0n) is 26.1. The van der Waals surface area contributed by atoms with Crippen LogP contribution in [-0.2, 0) is 18.4 Å². The van der Waals surface area contributed by atoms with Crippen LogP contribution in [0.15, 0.2) is 90.1 Å². The zero-order chi connectivity index (χ0) is 32.7. The van der Waals surface area contributed by atoms with Gasteiger partial charge in [0.15, 0.2) is 0 Å². The first-order valence-electron chi connectivity index (χ1n) is 15.9. The van der Waals surface area contributed by atoms with Crippen molar-refractivity contribution in [1.29, 1.82) is 0 Å². The van der Waals surface area contributed by atoms with Crippen LogP contribution >= 0.6 is 11.3 Å². The third kappa shape index (κ3) is 6.13. The summed E-state index contributed by atoms with van der Waals surface area (Å²) in [6.45, 7) is 1.75. The summed E-state index contributed by atoms with van der Waals surface area (Å²) in [7, 11) is 1.83. The summed E-state index contributed by atoms with van der Waals surface area (Å²) >= 11 is 1.38. The predicted molar refractivity (Wildman–Crippen MR) is 179 cm³/mol. The number of benzene rings is 2. The van der Waals surface area contributed by atoms with Crippen LogP contribution in [-0.4, -0.2) is 72.6 Å². The van der Waals surface area contributed by atoms with Gasteiger partial charge < -0.3 is 19.5 Å². The molecule has 2 saturated heterocycles. The van der Waals surface area contributed by atoms with Gasteiger partial charge in [-0.15, -0.1) is 11.3 Å². The first-order chi connectivity index (χ1) is 22.7. The highest BCUT2D eigenvalue weighted by atomic mass is 32.1. The lowest BCUT2D eigenvalue weighted by molar-refractivity contribution is -0.142. The fourth-order valence-corrected chi connectivity index (χ4v) is 7.97. The fourth-order valence-electron chi connectivity index (χ4n) is 6.99. The molecule has 2 atom stereocenters. The van der Waals surface area contributed by atoms with Crippen LogP contribution in [0.4, 0.5) is 4.39 Å². The Morgan fingerprint density at radius 1 is 0.979 bits per heavy atom. The van der Waals surface area contributed by atoms with Crippen molar-refractivity contribution in [3.8, 4) is 10.4 Å². The molecule has 2 aromatic carbocycles. The van der Waals surface area contributed by atoms with Crippen molar-refractivity contribution < 1.29 is 19.1 Å². The molecule has 2 aliphatic heterocycles. The van der Waals surface area contributed by atoms with Gasteiger partial charge in [0.05, 0.1) is 22.4 Å². The van der Waals surface area contributed by atoms with Crippen molar-refractivity contribution in [2.24, 2.45) is 13.0 Å². The van der Waals surface area contributed by atoms with Crippen molar-refractivity contribution in [3.63, 3.8) is 0 Å². The number of carbonyl (C=O) groups excluding carboxylic acids is 2. The second-order valence-electron chi connectivity index (χ2n) is 12.7. The van der Waals surface area contributed by atoms with Crippen LogP contribution in [0.2, 0.25) is 0 Å². The quantitative estimate of drug-likeness (QED) is 0.281. The van der Waals surface area contributed by atoms with E-state index in [4.69, 9.17) is 0 Å². The van der Waals surface area contributed by atoms with Gasteiger partial charge >= 0.3 is 0 Å². The lowest BCUT2D eigenvalue weighted by atomic mass is 9.79. The van der Waals surface area contributed by atoms with E-state index in [2.05, 4.69) is 4.98 Å². The van der Waals surface area contributed by atoms with Crippen molar-refractivity contribution in [2.45, 2.75) is 37.3 Å². The molecule has 11 heteroatoms. The number of halogens is 1. The summed E-state index contributed by atoms with van der Waals surface area (Å²) in [6.07, 6.45) is 4.50. The van der Waals surface area contributed by atoms with Crippen LogP contribution in [0.1, 0.15) is 40.4 Å².